The molecule has 0 unspecified atom stereocenters. The van der Waals surface area contributed by atoms with E-state index in [-0.39, 0.29) is 72.3 Å². The number of alkyl halides is 6. The number of amides is 2. The summed E-state index contributed by atoms with van der Waals surface area (Å²) in [6.07, 6.45) is -7.46. The van der Waals surface area contributed by atoms with Crippen LogP contribution in [0.4, 0.5) is 47.6 Å². The highest BCUT2D eigenvalue weighted by Gasteiger charge is 2.31. The topological polar surface area (TPSA) is 603 Å². The number of carbonyl (C=O) groups excluding carboxylic acids is 3. The van der Waals surface area contributed by atoms with E-state index < -0.39 is 114 Å². The third-order valence-electron chi connectivity index (χ3n) is 6.07. The monoisotopic (exact) mass is 1900 g/mol. The van der Waals surface area contributed by atoms with E-state index in [4.69, 9.17) is 93.7 Å². The number of nitrogens with two attached hydrogens (primary N) is 2. The third-order valence-corrected chi connectivity index (χ3v) is 14.7. The molecule has 0 spiro atoms. The molecule has 0 aliphatic rings. The van der Waals surface area contributed by atoms with Gasteiger partial charge in [-0.2, -0.15) is 98.8 Å². The van der Waals surface area contributed by atoms with Crippen LogP contribution in [0.3, 0.4) is 0 Å². The number of aliphatic hydroxyl groups is 4. The zero-order chi connectivity index (χ0) is 82.8. The van der Waals surface area contributed by atoms with E-state index in [0.29, 0.717) is 21.3 Å². The summed E-state index contributed by atoms with van der Waals surface area (Å²) < 4.78 is 229. The molecule has 3 heterocycles. The van der Waals surface area contributed by atoms with Crippen molar-refractivity contribution in [1.29, 1.82) is 0 Å². The zero-order valence-electron chi connectivity index (χ0n) is 54.3. The zero-order valence-corrected chi connectivity index (χ0v) is 67.8. The lowest BCUT2D eigenvalue weighted by Crippen LogP contribution is -2.42. The molecule has 0 aliphatic heterocycles. The molecule has 0 aromatic carbocycles. The van der Waals surface area contributed by atoms with Crippen molar-refractivity contribution < 1.29 is 126 Å². The summed E-state index contributed by atoms with van der Waals surface area (Å²) >= 11 is 25.5. The number of halogens is 14. The van der Waals surface area contributed by atoms with Gasteiger partial charge >= 0.3 is 73.6 Å². The first-order valence-corrected chi connectivity index (χ1v) is 39.6. The van der Waals surface area contributed by atoms with Crippen LogP contribution < -0.4 is 53.4 Å². The number of aliphatic hydroxyl groups excluding tert-OH is 3. The maximum Gasteiger partial charge on any atom is 0.422 e. The Morgan fingerprint density at radius 1 is 0.588 bits per heavy atom. The Kier molecular flexibility index (Phi) is 63.5. The molecule has 39 nitrogen and oxygen atoms in total. The largest absolute Gasteiger partial charge is 0.474 e. The summed E-state index contributed by atoms with van der Waals surface area (Å²) in [6, 6.07) is 0. The fourth-order valence-corrected chi connectivity index (χ4v) is 8.40. The van der Waals surface area contributed by atoms with Gasteiger partial charge in [-0.05, 0) is 117 Å². The summed E-state index contributed by atoms with van der Waals surface area (Å²) in [7, 11) is -10.0. The number of rotatable bonds is 19. The van der Waals surface area contributed by atoms with Gasteiger partial charge in [0.2, 0.25) is 5.88 Å². The lowest BCUT2D eigenvalue weighted by Gasteiger charge is -2.19. The second kappa shape index (κ2) is 56.7. The van der Waals surface area contributed by atoms with E-state index >= 15 is 0 Å². The van der Waals surface area contributed by atoms with Crippen molar-refractivity contribution in [3.8, 4) is 5.88 Å². The van der Waals surface area contributed by atoms with Crippen LogP contribution in [-0.4, -0.2) is 223 Å². The summed E-state index contributed by atoms with van der Waals surface area (Å²) in [4.78, 5) is 52.3. The highest BCUT2D eigenvalue weighted by Crippen LogP contribution is 2.30. The molecule has 61 heteroatoms. The molecular formula is C41H76B2Br3Cl5F6N17O22S6-. The number of hydrogen-bond donors (Lipinski definition) is 14. The fraction of sp³-hybridized carbons (Fsp3) is 0.634. The predicted molar refractivity (Wildman–Crippen MR) is 382 cm³/mol. The van der Waals surface area contributed by atoms with Crippen molar-refractivity contribution in [3.63, 3.8) is 0 Å². The Balaban J connectivity index is -0.000000167. The molecule has 0 bridgehead atoms. The summed E-state index contributed by atoms with van der Waals surface area (Å²) in [5.41, 5.74) is 2.89. The molecule has 0 saturated carbocycles. The number of carbonyl (C=O) groups is 2. The molecule has 598 valence electrons. The lowest BCUT2D eigenvalue weighted by molar-refractivity contribution is -0.122. The molecule has 2 amide bonds. The van der Waals surface area contributed by atoms with Crippen molar-refractivity contribution in [1.82, 2.24) is 58.2 Å². The van der Waals surface area contributed by atoms with Gasteiger partial charge in [0, 0.05) is 34.5 Å². The van der Waals surface area contributed by atoms with Gasteiger partial charge in [-0.25, -0.2) is 63.6 Å². The van der Waals surface area contributed by atoms with Crippen LogP contribution >= 0.6 is 104 Å². The van der Waals surface area contributed by atoms with E-state index in [1.165, 1.54) is 20.5 Å². The first-order chi connectivity index (χ1) is 45.7. The van der Waals surface area contributed by atoms with E-state index in [9.17, 15) is 86.4 Å². The van der Waals surface area contributed by atoms with Crippen LogP contribution in [0.25, 0.3) is 0 Å². The van der Waals surface area contributed by atoms with Crippen LogP contribution in [0.5, 0.6) is 5.88 Å². The quantitative estimate of drug-likeness (QED) is 0.0205. The van der Waals surface area contributed by atoms with E-state index in [1.54, 1.807) is 90.3 Å². The van der Waals surface area contributed by atoms with E-state index in [0.717, 1.165) is 25.3 Å². The molecule has 3 aromatic heterocycles. The Morgan fingerprint density at radius 3 is 1.17 bits per heavy atom. The van der Waals surface area contributed by atoms with Gasteiger partial charge in [-0.3, -0.25) is 9.44 Å². The highest BCUT2D eigenvalue weighted by atomic mass is 79.9. The normalized spacial score (nSPS) is 11.3. The smallest absolute Gasteiger partial charge is 0.422 e. The van der Waals surface area contributed by atoms with Crippen LogP contribution in [0, 0.1) is 0 Å². The summed E-state index contributed by atoms with van der Waals surface area (Å²) in [6.45, 7) is 17.4. The van der Waals surface area contributed by atoms with Gasteiger partial charge in [0.05, 0.1) is 34.4 Å². The maximum atomic E-state index is 12.0. The first-order valence-electron chi connectivity index (χ1n) is 25.5. The standard InChI is InChI=1S/C8H10BrF3N4O4S.C7H16N2O4S.C6H5BrClF3N4O2S.C5H10ClNO4S.C4HBrCl2N2.C4H10O.C2H8N2O2S.C2H7N.C2H6O2.CClNO3S.B2H3/c9-5-6(13-4-14-7(5)20-2-1-17)16-21(18,19)15-3-8(10,11)12;1-5-8-14(11,12)9-6(10)13-7(2,3)4;7-3-4(8)12-2-13-5(3)15-18(16,17)14-1-6(9,10)11;1-5(2,3)11-4(8)7-12(6,9)10;5-2-3(6)8-1-9-4(2)7;1-4(2,3)5;1-2-4-7(3,5)6;1-2-3;3-1-2-4;2-7(5,6)3-1-4;1-2/h4,15,17H,1-3H2,(H,13,14,16);8H,5H2,1-4H3,(H,9,10);2,14H,1H2,(H,12,13,15);1-3H3,(H,7,8);1H;5H,1-3H3;4H,2H2,1H3,(H2,3,5,6);2-3H2,1H3;3-4H,1-2H2;;1H3/q;;;;;;;;;;-1. The Bertz CT molecular complexity index is 3630. The van der Waals surface area contributed by atoms with Gasteiger partial charge in [0.25, 0.3) is 16.3 Å². The number of anilines is 2. The minimum absolute atomic E-state index is 0.0176. The average Bonchev–Trinajstić information content (AvgIpc) is 0.844. The number of isocyanates is 1. The second-order valence-corrected chi connectivity index (χ2v) is 32.7. The van der Waals surface area contributed by atoms with Gasteiger partial charge in [-0.1, -0.05) is 67.7 Å². The fourth-order valence-electron chi connectivity index (χ4n) is 3.38. The van der Waals surface area contributed by atoms with Gasteiger partial charge in [0.15, 0.2) is 11.6 Å². The molecule has 3 aromatic rings. The second-order valence-electron chi connectivity index (χ2n) is 18.9. The molecule has 0 aliphatic carbocycles. The maximum absolute atomic E-state index is 12.0. The number of aromatic nitrogens is 6. The average molecular weight is 1900 g/mol. The van der Waals surface area contributed by atoms with Gasteiger partial charge in [0.1, 0.15) is 69.8 Å². The Morgan fingerprint density at radius 2 is 0.912 bits per heavy atom. The molecular weight excluding hydrogens is 1830 g/mol. The lowest BCUT2D eigenvalue weighted by atomic mass is 9.81. The van der Waals surface area contributed by atoms with Crippen molar-refractivity contribution in [3.05, 3.63) is 47.9 Å². The van der Waals surface area contributed by atoms with Crippen LogP contribution in [0.1, 0.15) is 83.1 Å². The number of nitrogens with zero attached hydrogens (tertiary/aromatic N) is 7. The SMILES string of the molecule is CC(C)(C)O.CC(C)(C)OC(=O)NS(=O)(=O)Cl.CCN.CCNS(=O)(=O)NC(=O)OC(C)(C)C.CCNS(N)(=O)=O.Clc1ncnc(Cl)c1Br.O=C=NS(=O)(=O)Cl.O=S(=O)(NCC(F)(F)F)Nc1ncnc(Cl)c1Br.O=S(=O)(NCC(F)(F)F)Nc1ncnc(OCCO)c1Br.OCCO.[B][BH3-]. The van der Waals surface area contributed by atoms with E-state index in [1.807, 2.05) is 11.6 Å². The molecule has 2 radical (unpaired) electrons. The molecule has 3 rings (SSSR count). The first kappa shape index (κ1) is 114. The number of nitrogens with one attached hydrogen (secondary N) is 8. The van der Waals surface area contributed by atoms with Crippen molar-refractivity contribution >= 4 is 209 Å². The highest BCUT2D eigenvalue weighted by molar-refractivity contribution is 9.11. The molecule has 0 saturated heterocycles. The Labute approximate surface area is 637 Å². The van der Waals surface area contributed by atoms with Crippen LogP contribution in [0.2, 0.25) is 15.5 Å². The number of hydrogen-bond acceptors (Lipinski definition) is 29. The Hall–Kier alpha value is -3.54. The minimum atomic E-state index is -4.69. The molecule has 102 heavy (non-hydrogen) atoms. The summed E-state index contributed by atoms with van der Waals surface area (Å²) in [5.74, 6) is -0.662. The predicted octanol–water partition coefficient (Wildman–Crippen LogP) is 2.78. The van der Waals surface area contributed by atoms with Crippen molar-refractivity contribution in [2.24, 2.45) is 15.3 Å². The minimum Gasteiger partial charge on any atom is -0.474 e. The van der Waals surface area contributed by atoms with Crippen molar-refractivity contribution in [2.75, 3.05) is 68.6 Å². The van der Waals surface area contributed by atoms with Crippen molar-refractivity contribution in [2.45, 2.75) is 112 Å². The molecule has 0 fully saturated rings. The van der Waals surface area contributed by atoms with Gasteiger partial charge in [-0.15, -0.1) is 0 Å². The summed E-state index contributed by atoms with van der Waals surface area (Å²) in [5, 5.41) is 37.5. The third kappa shape index (κ3) is 88.9. The van der Waals surface area contributed by atoms with Crippen LogP contribution in [0.15, 0.2) is 36.8 Å². The van der Waals surface area contributed by atoms with E-state index in [2.05, 4.69) is 107 Å². The number of ether oxygens (including phenoxy) is 3. The van der Waals surface area contributed by atoms with Crippen LogP contribution in [-0.2, 0) is 73.6 Å². The molecule has 16 N–H and O–H groups in total. The molecule has 0 atom stereocenters. The van der Waals surface area contributed by atoms with Gasteiger partial charge < -0.3 is 40.4 Å².